The predicted octanol–water partition coefficient (Wildman–Crippen LogP) is 3.69. The Morgan fingerprint density at radius 2 is 1.63 bits per heavy atom. The van der Waals surface area contributed by atoms with Crippen molar-refractivity contribution in [1.29, 1.82) is 0 Å². The first kappa shape index (κ1) is 12.2. The van der Waals surface area contributed by atoms with Gasteiger partial charge in [-0.25, -0.2) is 0 Å². The molecule has 0 fully saturated rings. The van der Waals surface area contributed by atoms with E-state index in [1.165, 1.54) is 4.68 Å². The van der Waals surface area contributed by atoms with Crippen LogP contribution in [0, 0.1) is 0 Å². The summed E-state index contributed by atoms with van der Waals surface area (Å²) in [6, 6.07) is 12.3. The van der Waals surface area contributed by atoms with Crippen molar-refractivity contribution in [2.45, 2.75) is 0 Å². The van der Waals surface area contributed by atoms with Crippen molar-refractivity contribution >= 4 is 34.0 Å². The molecule has 0 aliphatic rings. The molecule has 1 heterocycles. The maximum absolute atomic E-state index is 12.4. The molecule has 0 aliphatic heterocycles. The van der Waals surface area contributed by atoms with Gasteiger partial charge in [0.05, 0.1) is 21.6 Å². The van der Waals surface area contributed by atoms with Crippen LogP contribution in [-0.4, -0.2) is 9.78 Å². The summed E-state index contributed by atoms with van der Waals surface area (Å²) in [6.07, 6.45) is 1.62. The Balaban J connectivity index is 2.39. The monoisotopic (exact) mass is 290 g/mol. The second-order valence-corrected chi connectivity index (χ2v) is 4.83. The molecule has 3 nitrogen and oxygen atoms in total. The second kappa shape index (κ2) is 4.68. The van der Waals surface area contributed by atoms with Crippen LogP contribution in [0.2, 0.25) is 10.0 Å². The van der Waals surface area contributed by atoms with Gasteiger partial charge in [-0.3, -0.25) is 4.79 Å². The zero-order valence-corrected chi connectivity index (χ0v) is 11.2. The molecule has 1 aromatic heterocycles. The molecule has 0 saturated heterocycles. The molecule has 0 unspecified atom stereocenters. The fourth-order valence-electron chi connectivity index (χ4n) is 1.94. The highest BCUT2D eigenvalue weighted by atomic mass is 35.5. The third-order valence-corrected chi connectivity index (χ3v) is 3.46. The van der Waals surface area contributed by atoms with E-state index in [0.717, 1.165) is 5.39 Å². The summed E-state index contributed by atoms with van der Waals surface area (Å²) in [5, 5.41) is 6.27. The van der Waals surface area contributed by atoms with E-state index in [9.17, 15) is 4.79 Å². The predicted molar refractivity (Wildman–Crippen MR) is 77.4 cm³/mol. The minimum Gasteiger partial charge on any atom is -0.267 e. The van der Waals surface area contributed by atoms with E-state index in [2.05, 4.69) is 5.10 Å². The Bertz CT molecular complexity index is 807. The van der Waals surface area contributed by atoms with E-state index in [0.29, 0.717) is 21.1 Å². The summed E-state index contributed by atoms with van der Waals surface area (Å²) >= 11 is 12.2. The SMILES string of the molecule is O=c1c2ccccc2cnn1-c1c(Cl)cccc1Cl. The lowest BCUT2D eigenvalue weighted by molar-refractivity contribution is 0.821. The van der Waals surface area contributed by atoms with E-state index < -0.39 is 0 Å². The van der Waals surface area contributed by atoms with E-state index >= 15 is 0 Å². The minimum absolute atomic E-state index is 0.242. The smallest absolute Gasteiger partial charge is 0.267 e. The highest BCUT2D eigenvalue weighted by Crippen LogP contribution is 2.26. The van der Waals surface area contributed by atoms with E-state index in [1.807, 2.05) is 18.2 Å². The summed E-state index contributed by atoms with van der Waals surface area (Å²) in [7, 11) is 0. The van der Waals surface area contributed by atoms with Crippen LogP contribution in [0.1, 0.15) is 0 Å². The summed E-state index contributed by atoms with van der Waals surface area (Å²) in [4.78, 5) is 12.4. The zero-order chi connectivity index (χ0) is 13.4. The molecule has 0 radical (unpaired) electrons. The highest BCUT2D eigenvalue weighted by Gasteiger charge is 2.12. The standard InChI is InChI=1S/C14H8Cl2N2O/c15-11-6-3-7-12(16)13(11)18-14(19)10-5-2-1-4-9(10)8-17-18/h1-8H. The number of aromatic nitrogens is 2. The van der Waals surface area contributed by atoms with Crippen molar-refractivity contribution in [2.75, 3.05) is 0 Å². The van der Waals surface area contributed by atoms with Crippen molar-refractivity contribution in [1.82, 2.24) is 9.78 Å². The number of hydrogen-bond acceptors (Lipinski definition) is 2. The molecule has 3 rings (SSSR count). The summed E-state index contributed by atoms with van der Waals surface area (Å²) in [6.45, 7) is 0. The number of hydrogen-bond donors (Lipinski definition) is 0. The number of halogens is 2. The molecule has 0 N–H and O–H groups in total. The second-order valence-electron chi connectivity index (χ2n) is 4.02. The lowest BCUT2D eigenvalue weighted by atomic mass is 10.2. The van der Waals surface area contributed by atoms with Gasteiger partial charge >= 0.3 is 0 Å². The number of rotatable bonds is 1. The fourth-order valence-corrected chi connectivity index (χ4v) is 2.50. The molecule has 3 aromatic rings. The van der Waals surface area contributed by atoms with Gasteiger partial charge in [0.1, 0.15) is 5.69 Å². The zero-order valence-electron chi connectivity index (χ0n) is 9.68. The molecule has 0 spiro atoms. The van der Waals surface area contributed by atoms with Gasteiger partial charge in [-0.15, -0.1) is 0 Å². The molecular formula is C14H8Cl2N2O. The van der Waals surface area contributed by atoms with Crippen LogP contribution in [0.15, 0.2) is 53.5 Å². The van der Waals surface area contributed by atoms with Gasteiger partial charge in [-0.2, -0.15) is 9.78 Å². The van der Waals surface area contributed by atoms with Gasteiger partial charge in [-0.05, 0) is 18.2 Å². The van der Waals surface area contributed by atoms with Crippen molar-refractivity contribution in [3.05, 3.63) is 69.1 Å². The van der Waals surface area contributed by atoms with Crippen molar-refractivity contribution < 1.29 is 0 Å². The molecule has 0 bridgehead atoms. The molecule has 0 atom stereocenters. The van der Waals surface area contributed by atoms with Crippen LogP contribution in [0.25, 0.3) is 16.5 Å². The Hall–Kier alpha value is -1.84. The Morgan fingerprint density at radius 3 is 2.37 bits per heavy atom. The first-order valence-electron chi connectivity index (χ1n) is 5.60. The van der Waals surface area contributed by atoms with Crippen LogP contribution >= 0.6 is 23.2 Å². The Morgan fingerprint density at radius 1 is 0.947 bits per heavy atom. The van der Waals surface area contributed by atoms with Gasteiger partial charge in [0, 0.05) is 5.39 Å². The third kappa shape index (κ3) is 2.01. The lowest BCUT2D eigenvalue weighted by Gasteiger charge is -2.09. The van der Waals surface area contributed by atoms with Gasteiger partial charge in [0.15, 0.2) is 0 Å². The third-order valence-electron chi connectivity index (χ3n) is 2.85. The Labute approximate surface area is 119 Å². The van der Waals surface area contributed by atoms with Gasteiger partial charge < -0.3 is 0 Å². The normalized spacial score (nSPS) is 10.8. The maximum atomic E-state index is 12.4. The van der Waals surface area contributed by atoms with E-state index in [4.69, 9.17) is 23.2 Å². The summed E-state index contributed by atoms with van der Waals surface area (Å²) in [5.41, 5.74) is 0.162. The van der Waals surface area contributed by atoms with Crippen molar-refractivity contribution in [3.8, 4) is 5.69 Å². The van der Waals surface area contributed by atoms with Gasteiger partial charge in [-0.1, -0.05) is 47.5 Å². The lowest BCUT2D eigenvalue weighted by Crippen LogP contribution is -2.21. The van der Waals surface area contributed by atoms with Crippen LogP contribution in [-0.2, 0) is 0 Å². The molecule has 2 aromatic carbocycles. The quantitative estimate of drug-likeness (QED) is 0.685. The number of para-hydroxylation sites is 1. The van der Waals surface area contributed by atoms with E-state index in [-0.39, 0.29) is 5.56 Å². The molecule has 0 saturated carbocycles. The number of benzene rings is 2. The summed E-state index contributed by atoms with van der Waals surface area (Å²) < 4.78 is 1.23. The Kier molecular flexibility index (Phi) is 3.01. The molecule has 0 aliphatic carbocycles. The fraction of sp³-hybridized carbons (Fsp3) is 0. The molecule has 0 amide bonds. The summed E-state index contributed by atoms with van der Waals surface area (Å²) in [5.74, 6) is 0. The average Bonchev–Trinajstić information content (AvgIpc) is 2.41. The van der Waals surface area contributed by atoms with Gasteiger partial charge in [0.2, 0.25) is 0 Å². The van der Waals surface area contributed by atoms with Crippen molar-refractivity contribution in [3.63, 3.8) is 0 Å². The molecule has 5 heteroatoms. The van der Waals surface area contributed by atoms with Crippen LogP contribution in [0.5, 0.6) is 0 Å². The first-order chi connectivity index (χ1) is 9.18. The van der Waals surface area contributed by atoms with Crippen LogP contribution in [0.3, 0.4) is 0 Å². The van der Waals surface area contributed by atoms with Crippen LogP contribution in [0.4, 0.5) is 0 Å². The van der Waals surface area contributed by atoms with E-state index in [1.54, 1.807) is 30.5 Å². The highest BCUT2D eigenvalue weighted by molar-refractivity contribution is 6.37. The molecule has 19 heavy (non-hydrogen) atoms. The van der Waals surface area contributed by atoms with Gasteiger partial charge in [0.25, 0.3) is 5.56 Å². The molecular weight excluding hydrogens is 283 g/mol. The minimum atomic E-state index is -0.242. The topological polar surface area (TPSA) is 34.9 Å². The maximum Gasteiger partial charge on any atom is 0.279 e. The average molecular weight is 291 g/mol. The van der Waals surface area contributed by atoms with Crippen LogP contribution < -0.4 is 5.56 Å². The number of nitrogens with zero attached hydrogens (tertiary/aromatic N) is 2. The van der Waals surface area contributed by atoms with Crippen molar-refractivity contribution in [2.24, 2.45) is 0 Å². The largest absolute Gasteiger partial charge is 0.279 e. The number of fused-ring (bicyclic) bond motifs is 1. The molecule has 94 valence electrons. The first-order valence-corrected chi connectivity index (χ1v) is 6.35.